The first kappa shape index (κ1) is 9.77. The minimum absolute atomic E-state index is 0.271. The predicted molar refractivity (Wildman–Crippen MR) is 62.8 cm³/mol. The third-order valence-electron chi connectivity index (χ3n) is 2.53. The Morgan fingerprint density at radius 2 is 1.88 bits per heavy atom. The van der Waals surface area contributed by atoms with Crippen LogP contribution in [0.2, 0.25) is 0 Å². The molecule has 17 heavy (non-hydrogen) atoms. The molecule has 0 aliphatic heterocycles. The summed E-state index contributed by atoms with van der Waals surface area (Å²) in [5, 5.41) is 4.04. The smallest absolute Gasteiger partial charge is 0.157 e. The topological polar surface area (TPSA) is 56.2 Å². The molecule has 3 rings (SSSR count). The lowest BCUT2D eigenvalue weighted by atomic mass is 10.1. The Balaban J connectivity index is 2.20. The van der Waals surface area contributed by atoms with Crippen molar-refractivity contribution in [3.05, 3.63) is 48.4 Å². The number of nitrogen functional groups attached to an aromatic ring is 1. The minimum atomic E-state index is -0.271. The van der Waals surface area contributed by atoms with Crippen molar-refractivity contribution in [2.45, 2.75) is 0 Å². The normalized spacial score (nSPS) is 10.9. The number of anilines is 1. The standard InChI is InChI=1S/C12H9FN4/c13-9-3-1-8(2-4-9)10-7-11(14)17-12(16-10)5-6-15-17/h1-7H,14H2. The van der Waals surface area contributed by atoms with Gasteiger partial charge in [0.15, 0.2) is 5.65 Å². The highest BCUT2D eigenvalue weighted by molar-refractivity contribution is 5.65. The van der Waals surface area contributed by atoms with E-state index in [4.69, 9.17) is 5.73 Å². The molecule has 0 amide bonds. The first-order valence-electron chi connectivity index (χ1n) is 5.10. The second-order valence-corrected chi connectivity index (χ2v) is 3.67. The van der Waals surface area contributed by atoms with Gasteiger partial charge in [0.1, 0.15) is 11.6 Å². The summed E-state index contributed by atoms with van der Waals surface area (Å²) in [6.45, 7) is 0. The first-order valence-corrected chi connectivity index (χ1v) is 5.10. The largest absolute Gasteiger partial charge is 0.384 e. The van der Waals surface area contributed by atoms with Crippen molar-refractivity contribution in [3.8, 4) is 11.3 Å². The van der Waals surface area contributed by atoms with Gasteiger partial charge in [0.2, 0.25) is 0 Å². The summed E-state index contributed by atoms with van der Waals surface area (Å²) >= 11 is 0. The highest BCUT2D eigenvalue weighted by atomic mass is 19.1. The second-order valence-electron chi connectivity index (χ2n) is 3.67. The third-order valence-corrected chi connectivity index (χ3v) is 2.53. The van der Waals surface area contributed by atoms with Gasteiger partial charge in [0, 0.05) is 17.7 Å². The van der Waals surface area contributed by atoms with E-state index in [1.54, 1.807) is 35.0 Å². The van der Waals surface area contributed by atoms with Crippen LogP contribution in [0.25, 0.3) is 16.9 Å². The Labute approximate surface area is 96.5 Å². The molecular weight excluding hydrogens is 219 g/mol. The summed E-state index contributed by atoms with van der Waals surface area (Å²) in [5.74, 6) is 0.228. The molecular formula is C12H9FN4. The maximum atomic E-state index is 12.8. The van der Waals surface area contributed by atoms with Crippen molar-refractivity contribution < 1.29 is 4.39 Å². The van der Waals surface area contributed by atoms with Crippen molar-refractivity contribution in [1.29, 1.82) is 0 Å². The number of nitrogens with zero attached hydrogens (tertiary/aromatic N) is 3. The number of hydrogen-bond donors (Lipinski definition) is 1. The van der Waals surface area contributed by atoms with Crippen molar-refractivity contribution in [3.63, 3.8) is 0 Å². The number of hydrogen-bond acceptors (Lipinski definition) is 3. The van der Waals surface area contributed by atoms with Crippen molar-refractivity contribution in [2.75, 3.05) is 5.73 Å². The predicted octanol–water partition coefficient (Wildman–Crippen LogP) is 2.12. The summed E-state index contributed by atoms with van der Waals surface area (Å²) in [6.07, 6.45) is 1.63. The Hall–Kier alpha value is -2.43. The molecule has 0 aliphatic rings. The molecule has 5 heteroatoms. The zero-order valence-electron chi connectivity index (χ0n) is 8.84. The number of aromatic nitrogens is 3. The molecule has 1 aromatic carbocycles. The van der Waals surface area contributed by atoms with E-state index in [1.165, 1.54) is 12.1 Å². The van der Waals surface area contributed by atoms with E-state index >= 15 is 0 Å². The van der Waals surface area contributed by atoms with Crippen molar-refractivity contribution >= 4 is 11.5 Å². The monoisotopic (exact) mass is 228 g/mol. The fraction of sp³-hybridized carbons (Fsp3) is 0. The molecule has 2 N–H and O–H groups in total. The van der Waals surface area contributed by atoms with Gasteiger partial charge in [0.05, 0.1) is 11.9 Å². The van der Waals surface area contributed by atoms with Gasteiger partial charge in [-0.05, 0) is 24.3 Å². The molecule has 3 aromatic rings. The Kier molecular flexibility index (Phi) is 2.04. The summed E-state index contributed by atoms with van der Waals surface area (Å²) < 4.78 is 14.4. The molecule has 0 radical (unpaired) electrons. The van der Waals surface area contributed by atoms with Gasteiger partial charge in [-0.15, -0.1) is 0 Å². The highest BCUT2D eigenvalue weighted by Crippen LogP contribution is 2.20. The van der Waals surface area contributed by atoms with Gasteiger partial charge in [-0.3, -0.25) is 0 Å². The zero-order valence-corrected chi connectivity index (χ0v) is 8.84. The lowest BCUT2D eigenvalue weighted by molar-refractivity contribution is 0.628. The van der Waals surface area contributed by atoms with Crippen LogP contribution in [0.4, 0.5) is 10.2 Å². The molecule has 0 bridgehead atoms. The maximum absolute atomic E-state index is 12.8. The molecule has 0 unspecified atom stereocenters. The molecule has 4 nitrogen and oxygen atoms in total. The molecule has 0 saturated carbocycles. The number of halogens is 1. The Morgan fingerprint density at radius 3 is 2.65 bits per heavy atom. The number of nitrogens with two attached hydrogens (primary N) is 1. The minimum Gasteiger partial charge on any atom is -0.384 e. The first-order chi connectivity index (χ1) is 8.24. The van der Waals surface area contributed by atoms with Gasteiger partial charge >= 0.3 is 0 Å². The van der Waals surface area contributed by atoms with Gasteiger partial charge in [-0.2, -0.15) is 9.61 Å². The number of rotatable bonds is 1. The highest BCUT2D eigenvalue weighted by Gasteiger charge is 2.05. The van der Waals surface area contributed by atoms with Crippen LogP contribution in [0.3, 0.4) is 0 Å². The Morgan fingerprint density at radius 1 is 1.12 bits per heavy atom. The molecule has 2 heterocycles. The molecule has 0 spiro atoms. The molecule has 2 aromatic heterocycles. The molecule has 0 fully saturated rings. The number of fused-ring (bicyclic) bond motifs is 1. The van der Waals surface area contributed by atoms with Crippen LogP contribution in [0, 0.1) is 5.82 Å². The van der Waals surface area contributed by atoms with Crippen LogP contribution in [0.15, 0.2) is 42.6 Å². The Bertz CT molecular complexity index is 673. The van der Waals surface area contributed by atoms with E-state index in [9.17, 15) is 4.39 Å². The van der Waals surface area contributed by atoms with Crippen LogP contribution in [-0.2, 0) is 0 Å². The molecule has 0 atom stereocenters. The third kappa shape index (κ3) is 1.61. The van der Waals surface area contributed by atoms with Crippen molar-refractivity contribution in [2.24, 2.45) is 0 Å². The van der Waals surface area contributed by atoms with Crippen molar-refractivity contribution in [1.82, 2.24) is 14.6 Å². The van der Waals surface area contributed by atoms with E-state index in [2.05, 4.69) is 10.1 Å². The summed E-state index contributed by atoms with van der Waals surface area (Å²) in [6, 6.07) is 9.62. The maximum Gasteiger partial charge on any atom is 0.157 e. The van der Waals surface area contributed by atoms with Crippen LogP contribution >= 0.6 is 0 Å². The fourth-order valence-corrected chi connectivity index (χ4v) is 1.71. The second kappa shape index (κ2) is 3.55. The zero-order chi connectivity index (χ0) is 11.8. The van der Waals surface area contributed by atoms with Crippen LogP contribution in [0.1, 0.15) is 0 Å². The van der Waals surface area contributed by atoms with Gasteiger partial charge in [0.25, 0.3) is 0 Å². The lowest BCUT2D eigenvalue weighted by Gasteiger charge is -2.04. The van der Waals surface area contributed by atoms with Crippen LogP contribution in [0.5, 0.6) is 0 Å². The van der Waals surface area contributed by atoms with Gasteiger partial charge < -0.3 is 5.73 Å². The quantitative estimate of drug-likeness (QED) is 0.694. The fourth-order valence-electron chi connectivity index (χ4n) is 1.71. The molecule has 0 saturated heterocycles. The molecule has 0 aliphatic carbocycles. The van der Waals surface area contributed by atoms with E-state index in [0.29, 0.717) is 17.2 Å². The summed E-state index contributed by atoms with van der Waals surface area (Å²) in [4.78, 5) is 4.39. The average Bonchev–Trinajstić information content (AvgIpc) is 2.78. The van der Waals surface area contributed by atoms with Crippen LogP contribution < -0.4 is 5.73 Å². The summed E-state index contributed by atoms with van der Waals surface area (Å²) in [5.41, 5.74) is 8.05. The van der Waals surface area contributed by atoms with E-state index < -0.39 is 0 Å². The molecule has 84 valence electrons. The number of benzene rings is 1. The van der Waals surface area contributed by atoms with Gasteiger partial charge in [-0.25, -0.2) is 9.37 Å². The average molecular weight is 228 g/mol. The van der Waals surface area contributed by atoms with E-state index in [1.807, 2.05) is 0 Å². The summed E-state index contributed by atoms with van der Waals surface area (Å²) in [7, 11) is 0. The van der Waals surface area contributed by atoms with Crippen LogP contribution in [-0.4, -0.2) is 14.6 Å². The van der Waals surface area contributed by atoms with E-state index in [-0.39, 0.29) is 5.82 Å². The lowest BCUT2D eigenvalue weighted by Crippen LogP contribution is -2.00. The SMILES string of the molecule is Nc1cc(-c2ccc(F)cc2)nc2ccnn12. The van der Waals surface area contributed by atoms with E-state index in [0.717, 1.165) is 5.56 Å². The van der Waals surface area contributed by atoms with Gasteiger partial charge in [-0.1, -0.05) is 0 Å².